The van der Waals surface area contributed by atoms with Crippen LogP contribution < -0.4 is 0 Å². The van der Waals surface area contributed by atoms with Crippen molar-refractivity contribution in [2.45, 2.75) is 54.9 Å². The molecule has 0 bridgehead atoms. The number of aliphatic hydroxyl groups is 10. The maximum absolute atomic E-state index is 9.98. The van der Waals surface area contributed by atoms with E-state index in [-0.39, 0.29) is 19.0 Å². The standard InChI is InChI=1S/C13H27NO10.ClH/c15-3-5-9(20)10(21)6(17)1-14(5)2-7(18)11(22)13(24)12(23)8(19)4-16;/h5-13,15-24H,1-4H2;1H/t5-,6+,7-,8+,9-,10-,11-,12-,13+;/m1./s1. The summed E-state index contributed by atoms with van der Waals surface area (Å²) in [5.41, 5.74) is 0. The van der Waals surface area contributed by atoms with E-state index >= 15 is 0 Å². The van der Waals surface area contributed by atoms with Gasteiger partial charge in [-0.15, -0.1) is 12.4 Å². The molecule has 1 saturated heterocycles. The second-order valence-corrected chi connectivity index (χ2v) is 6.04. The monoisotopic (exact) mass is 393 g/mol. The van der Waals surface area contributed by atoms with Crippen molar-refractivity contribution in [3.05, 3.63) is 0 Å². The highest BCUT2D eigenvalue weighted by Gasteiger charge is 2.43. The second-order valence-electron chi connectivity index (χ2n) is 6.04. The Kier molecular flexibility index (Phi) is 10.8. The highest BCUT2D eigenvalue weighted by Crippen LogP contribution is 2.20. The van der Waals surface area contributed by atoms with Gasteiger partial charge in [0, 0.05) is 13.1 Å². The fourth-order valence-electron chi connectivity index (χ4n) is 2.70. The van der Waals surface area contributed by atoms with E-state index in [4.69, 9.17) is 5.11 Å². The van der Waals surface area contributed by atoms with E-state index < -0.39 is 74.6 Å². The summed E-state index contributed by atoms with van der Waals surface area (Å²) >= 11 is 0. The number of piperidine rings is 1. The Hall–Kier alpha value is -0.150. The Bertz CT molecular complexity index is 381. The molecule has 0 spiro atoms. The number of hydrogen-bond acceptors (Lipinski definition) is 11. The number of hydrogen-bond donors (Lipinski definition) is 10. The zero-order valence-corrected chi connectivity index (χ0v) is 14.2. The third-order valence-corrected chi connectivity index (χ3v) is 4.31. The lowest BCUT2D eigenvalue weighted by Crippen LogP contribution is -2.64. The van der Waals surface area contributed by atoms with Gasteiger partial charge in [-0.25, -0.2) is 0 Å². The van der Waals surface area contributed by atoms with E-state index in [1.807, 2.05) is 0 Å². The predicted octanol–water partition coefficient (Wildman–Crippen LogP) is -6.04. The summed E-state index contributed by atoms with van der Waals surface area (Å²) in [6.07, 6.45) is -13.5. The third kappa shape index (κ3) is 5.92. The molecule has 9 atom stereocenters. The highest BCUT2D eigenvalue weighted by molar-refractivity contribution is 5.85. The van der Waals surface area contributed by atoms with Crippen LogP contribution in [0.3, 0.4) is 0 Å². The molecule has 10 N–H and O–H groups in total. The van der Waals surface area contributed by atoms with Crippen LogP contribution in [-0.4, -0.2) is 137 Å². The van der Waals surface area contributed by atoms with Crippen LogP contribution in [0.5, 0.6) is 0 Å². The van der Waals surface area contributed by atoms with Crippen molar-refractivity contribution in [3.63, 3.8) is 0 Å². The largest absolute Gasteiger partial charge is 0.395 e. The van der Waals surface area contributed by atoms with Crippen molar-refractivity contribution in [2.24, 2.45) is 0 Å². The van der Waals surface area contributed by atoms with Gasteiger partial charge in [-0.2, -0.15) is 0 Å². The van der Waals surface area contributed by atoms with Gasteiger partial charge in [0.1, 0.15) is 36.6 Å². The van der Waals surface area contributed by atoms with Gasteiger partial charge in [-0.1, -0.05) is 0 Å². The molecule has 1 aliphatic heterocycles. The van der Waals surface area contributed by atoms with Crippen molar-refractivity contribution in [1.82, 2.24) is 4.90 Å². The summed E-state index contributed by atoms with van der Waals surface area (Å²) in [6.45, 7) is -2.09. The maximum atomic E-state index is 9.98. The molecule has 25 heavy (non-hydrogen) atoms. The van der Waals surface area contributed by atoms with Gasteiger partial charge in [0.05, 0.1) is 31.5 Å². The molecule has 1 rings (SSSR count). The topological polar surface area (TPSA) is 206 Å². The molecule has 12 heteroatoms. The van der Waals surface area contributed by atoms with Gasteiger partial charge in [0.2, 0.25) is 0 Å². The molecular weight excluding hydrogens is 366 g/mol. The van der Waals surface area contributed by atoms with Crippen LogP contribution >= 0.6 is 12.4 Å². The van der Waals surface area contributed by atoms with Crippen molar-refractivity contribution in [1.29, 1.82) is 0 Å². The minimum Gasteiger partial charge on any atom is -0.395 e. The van der Waals surface area contributed by atoms with Gasteiger partial charge in [-0.05, 0) is 0 Å². The van der Waals surface area contributed by atoms with Gasteiger partial charge in [0.15, 0.2) is 0 Å². The average Bonchev–Trinajstić information content (AvgIpc) is 2.57. The van der Waals surface area contributed by atoms with Gasteiger partial charge in [-0.3, -0.25) is 4.90 Å². The van der Waals surface area contributed by atoms with Crippen LogP contribution in [0.4, 0.5) is 0 Å². The molecule has 0 unspecified atom stereocenters. The predicted molar refractivity (Wildman–Crippen MR) is 84.8 cm³/mol. The first-order valence-electron chi connectivity index (χ1n) is 7.56. The van der Waals surface area contributed by atoms with Crippen molar-refractivity contribution >= 4 is 12.4 Å². The van der Waals surface area contributed by atoms with Crippen LogP contribution in [0.25, 0.3) is 0 Å². The Morgan fingerprint density at radius 1 is 0.800 bits per heavy atom. The summed E-state index contributed by atoms with van der Waals surface area (Å²) < 4.78 is 0. The van der Waals surface area contributed by atoms with Gasteiger partial charge < -0.3 is 51.1 Å². The van der Waals surface area contributed by atoms with Crippen LogP contribution in [-0.2, 0) is 0 Å². The van der Waals surface area contributed by atoms with E-state index in [1.165, 1.54) is 4.90 Å². The fourth-order valence-corrected chi connectivity index (χ4v) is 2.70. The highest BCUT2D eigenvalue weighted by atomic mass is 35.5. The lowest BCUT2D eigenvalue weighted by atomic mass is 9.92. The summed E-state index contributed by atoms with van der Waals surface area (Å²) in [4.78, 5) is 1.22. The number of likely N-dealkylation sites (tertiary alicyclic amines) is 1. The number of β-amino-alcohol motifs (C(OH)–C–C–N with tert-alkyl or cyclic N) is 2. The molecule has 0 radical (unpaired) electrons. The Balaban J connectivity index is 0.00000576. The molecule has 1 fully saturated rings. The smallest absolute Gasteiger partial charge is 0.111 e. The molecule has 0 aromatic heterocycles. The molecule has 1 aliphatic rings. The summed E-state index contributed by atoms with van der Waals surface area (Å²) in [6, 6.07) is -1.02. The first-order valence-corrected chi connectivity index (χ1v) is 7.56. The second kappa shape index (κ2) is 10.9. The van der Waals surface area contributed by atoms with E-state index in [1.54, 1.807) is 0 Å². The maximum Gasteiger partial charge on any atom is 0.111 e. The number of halogens is 1. The summed E-state index contributed by atoms with van der Waals surface area (Å²) in [7, 11) is 0. The minimum absolute atomic E-state index is 0. The lowest BCUT2D eigenvalue weighted by Gasteiger charge is -2.44. The van der Waals surface area contributed by atoms with Crippen LogP contribution in [0.15, 0.2) is 0 Å². The van der Waals surface area contributed by atoms with E-state index in [9.17, 15) is 46.0 Å². The molecule has 152 valence electrons. The summed E-state index contributed by atoms with van der Waals surface area (Å²) in [5.74, 6) is 0. The van der Waals surface area contributed by atoms with Crippen molar-refractivity contribution < 1.29 is 51.1 Å². The molecule has 0 amide bonds. The Labute approximate surface area is 150 Å². The van der Waals surface area contributed by atoms with Crippen molar-refractivity contribution in [2.75, 3.05) is 26.3 Å². The quantitative estimate of drug-likeness (QED) is 0.188. The molecule has 0 aliphatic carbocycles. The van der Waals surface area contributed by atoms with Gasteiger partial charge in [0.25, 0.3) is 0 Å². The van der Waals surface area contributed by atoms with Gasteiger partial charge >= 0.3 is 0 Å². The zero-order chi connectivity index (χ0) is 18.6. The minimum atomic E-state index is -1.97. The number of aliphatic hydroxyl groups excluding tert-OH is 10. The Morgan fingerprint density at radius 2 is 1.32 bits per heavy atom. The molecule has 0 aromatic carbocycles. The molecule has 0 saturated carbocycles. The first kappa shape index (κ1) is 24.8. The molecular formula is C13H28ClNO10. The molecule has 11 nitrogen and oxygen atoms in total. The summed E-state index contributed by atoms with van der Waals surface area (Å²) in [5, 5.41) is 95.4. The fraction of sp³-hybridized carbons (Fsp3) is 1.00. The third-order valence-electron chi connectivity index (χ3n) is 4.31. The number of rotatable bonds is 8. The SMILES string of the molecule is Cl.OC[C@@H]1[C@@H](O)[C@H](O)[C@@H](O)CN1C[C@@H](O)[C@@H](O)[C@H](O)[C@H](O)[C@@H](O)CO. The molecule has 0 aromatic rings. The van der Waals surface area contributed by atoms with Crippen LogP contribution in [0, 0.1) is 0 Å². The van der Waals surface area contributed by atoms with E-state index in [0.717, 1.165) is 0 Å². The first-order chi connectivity index (χ1) is 11.1. The Morgan fingerprint density at radius 3 is 1.80 bits per heavy atom. The normalized spacial score (nSPS) is 33.8. The van der Waals surface area contributed by atoms with Crippen LogP contribution in [0.2, 0.25) is 0 Å². The van der Waals surface area contributed by atoms with Crippen LogP contribution in [0.1, 0.15) is 0 Å². The van der Waals surface area contributed by atoms with E-state index in [0.29, 0.717) is 0 Å². The zero-order valence-electron chi connectivity index (χ0n) is 13.4. The van der Waals surface area contributed by atoms with Crippen molar-refractivity contribution in [3.8, 4) is 0 Å². The average molecular weight is 394 g/mol. The number of nitrogens with zero attached hydrogens (tertiary/aromatic N) is 1. The van der Waals surface area contributed by atoms with E-state index in [2.05, 4.69) is 0 Å². The molecule has 1 heterocycles. The lowest BCUT2D eigenvalue weighted by molar-refractivity contribution is -0.167.